The quantitative estimate of drug-likeness (QED) is 0.811. The van der Waals surface area contributed by atoms with Gasteiger partial charge in [-0.3, -0.25) is 4.79 Å². The number of rotatable bonds is 3. The molecule has 0 atom stereocenters. The molecule has 6 nitrogen and oxygen atoms in total. The lowest BCUT2D eigenvalue weighted by atomic mass is 10.3. The van der Waals surface area contributed by atoms with Crippen molar-refractivity contribution < 1.29 is 9.90 Å². The SMILES string of the molecule is Cc1cc(=O)[nH]c(Sc2cc(C(=O)O)ccn2)n1. The third kappa shape index (κ3) is 2.95. The maximum absolute atomic E-state index is 11.3. The topological polar surface area (TPSA) is 95.9 Å². The minimum atomic E-state index is -1.02. The summed E-state index contributed by atoms with van der Waals surface area (Å²) >= 11 is 1.11. The number of carboxylic acid groups (broad SMARTS) is 1. The average Bonchev–Trinajstić information content (AvgIpc) is 2.27. The number of nitrogens with zero attached hydrogens (tertiary/aromatic N) is 2. The normalized spacial score (nSPS) is 10.3. The van der Waals surface area contributed by atoms with Crippen LogP contribution in [0, 0.1) is 6.92 Å². The highest BCUT2D eigenvalue weighted by molar-refractivity contribution is 7.99. The first-order chi connectivity index (χ1) is 8.54. The number of pyridine rings is 1. The van der Waals surface area contributed by atoms with Gasteiger partial charge in [0.2, 0.25) is 0 Å². The second-order valence-electron chi connectivity index (χ2n) is 3.48. The Morgan fingerprint density at radius 2 is 2.22 bits per heavy atom. The fourth-order valence-electron chi connectivity index (χ4n) is 1.30. The minimum absolute atomic E-state index is 0.141. The molecule has 0 saturated carbocycles. The molecule has 2 heterocycles. The van der Waals surface area contributed by atoms with Crippen molar-refractivity contribution in [3.63, 3.8) is 0 Å². The Labute approximate surface area is 106 Å². The van der Waals surface area contributed by atoms with Crippen LogP contribution in [0.15, 0.2) is 39.4 Å². The molecule has 0 aliphatic rings. The van der Waals surface area contributed by atoms with Crippen LogP contribution in [0.2, 0.25) is 0 Å². The van der Waals surface area contributed by atoms with Crippen molar-refractivity contribution in [2.45, 2.75) is 17.1 Å². The van der Waals surface area contributed by atoms with E-state index in [0.717, 1.165) is 11.8 Å². The third-order valence-corrected chi connectivity index (χ3v) is 2.85. The van der Waals surface area contributed by atoms with Crippen LogP contribution < -0.4 is 5.56 Å². The summed E-state index contributed by atoms with van der Waals surface area (Å²) in [5.41, 5.74) is 0.484. The van der Waals surface area contributed by atoms with Gasteiger partial charge in [-0.25, -0.2) is 14.8 Å². The van der Waals surface area contributed by atoms with E-state index in [1.807, 2.05) is 0 Å². The molecule has 0 amide bonds. The smallest absolute Gasteiger partial charge is 0.335 e. The molecular weight excluding hydrogens is 254 g/mol. The highest BCUT2D eigenvalue weighted by Gasteiger charge is 2.07. The van der Waals surface area contributed by atoms with E-state index in [0.29, 0.717) is 15.9 Å². The lowest BCUT2D eigenvalue weighted by Crippen LogP contribution is -2.08. The molecule has 2 N–H and O–H groups in total. The maximum atomic E-state index is 11.3. The van der Waals surface area contributed by atoms with Gasteiger partial charge in [0, 0.05) is 18.0 Å². The number of hydrogen-bond acceptors (Lipinski definition) is 5. The molecule has 0 fully saturated rings. The van der Waals surface area contributed by atoms with E-state index < -0.39 is 5.97 Å². The number of nitrogens with one attached hydrogen (secondary N) is 1. The first-order valence-electron chi connectivity index (χ1n) is 5.00. The van der Waals surface area contributed by atoms with Gasteiger partial charge in [0.1, 0.15) is 5.03 Å². The van der Waals surface area contributed by atoms with E-state index in [4.69, 9.17) is 5.11 Å². The number of aromatic nitrogens is 3. The van der Waals surface area contributed by atoms with Crippen LogP contribution in [0.3, 0.4) is 0 Å². The number of aromatic amines is 1. The first kappa shape index (κ1) is 12.3. The Morgan fingerprint density at radius 1 is 1.44 bits per heavy atom. The predicted octanol–water partition coefficient (Wildman–Crippen LogP) is 1.32. The molecule has 0 saturated heterocycles. The monoisotopic (exact) mass is 263 g/mol. The first-order valence-corrected chi connectivity index (χ1v) is 5.81. The second-order valence-corrected chi connectivity index (χ2v) is 4.49. The van der Waals surface area contributed by atoms with E-state index >= 15 is 0 Å². The molecule has 0 spiro atoms. The van der Waals surface area contributed by atoms with Gasteiger partial charge in [-0.15, -0.1) is 0 Å². The largest absolute Gasteiger partial charge is 0.478 e. The lowest BCUT2D eigenvalue weighted by molar-refractivity contribution is 0.0696. The van der Waals surface area contributed by atoms with Crippen molar-refractivity contribution in [1.82, 2.24) is 15.0 Å². The van der Waals surface area contributed by atoms with E-state index in [1.54, 1.807) is 6.92 Å². The van der Waals surface area contributed by atoms with E-state index in [9.17, 15) is 9.59 Å². The van der Waals surface area contributed by atoms with Crippen molar-refractivity contribution >= 4 is 17.7 Å². The van der Waals surface area contributed by atoms with Gasteiger partial charge in [0.25, 0.3) is 5.56 Å². The third-order valence-electron chi connectivity index (χ3n) is 2.03. The van der Waals surface area contributed by atoms with Gasteiger partial charge in [0.05, 0.1) is 5.56 Å². The van der Waals surface area contributed by atoms with E-state index in [2.05, 4.69) is 15.0 Å². The molecule has 0 aliphatic carbocycles. The van der Waals surface area contributed by atoms with Gasteiger partial charge in [-0.2, -0.15) is 0 Å². The molecule has 2 aromatic heterocycles. The average molecular weight is 263 g/mol. The van der Waals surface area contributed by atoms with Crippen molar-refractivity contribution in [2.75, 3.05) is 0 Å². The Balaban J connectivity index is 2.31. The molecule has 7 heteroatoms. The molecule has 0 aromatic carbocycles. The van der Waals surface area contributed by atoms with Crippen LogP contribution in [0.4, 0.5) is 0 Å². The summed E-state index contributed by atoms with van der Waals surface area (Å²) in [6.07, 6.45) is 1.40. The van der Waals surface area contributed by atoms with E-state index in [-0.39, 0.29) is 11.1 Å². The van der Waals surface area contributed by atoms with Crippen LogP contribution in [0.25, 0.3) is 0 Å². The summed E-state index contributed by atoms with van der Waals surface area (Å²) in [6, 6.07) is 4.21. The number of carbonyl (C=O) groups is 1. The summed E-state index contributed by atoms with van der Waals surface area (Å²) in [5, 5.41) is 9.70. The highest BCUT2D eigenvalue weighted by atomic mass is 32.2. The molecule has 0 unspecified atom stereocenters. The summed E-state index contributed by atoms with van der Waals surface area (Å²) < 4.78 is 0. The zero-order chi connectivity index (χ0) is 13.1. The van der Waals surface area contributed by atoms with Crippen LogP contribution in [0.5, 0.6) is 0 Å². The maximum Gasteiger partial charge on any atom is 0.335 e. The zero-order valence-electron chi connectivity index (χ0n) is 9.38. The van der Waals surface area contributed by atoms with Crippen molar-refractivity contribution in [3.05, 3.63) is 46.0 Å². The Hall–Kier alpha value is -2.15. The summed E-state index contributed by atoms with van der Waals surface area (Å²) in [7, 11) is 0. The minimum Gasteiger partial charge on any atom is -0.478 e. The van der Waals surface area contributed by atoms with Crippen molar-refractivity contribution in [1.29, 1.82) is 0 Å². The molecule has 92 valence electrons. The van der Waals surface area contributed by atoms with E-state index in [1.165, 1.54) is 24.4 Å². The van der Waals surface area contributed by atoms with Gasteiger partial charge in [0.15, 0.2) is 5.16 Å². The summed E-state index contributed by atoms with van der Waals surface area (Å²) in [5.74, 6) is -1.02. The van der Waals surface area contributed by atoms with Gasteiger partial charge in [-0.1, -0.05) is 0 Å². The zero-order valence-corrected chi connectivity index (χ0v) is 10.2. The Bertz CT molecular complexity index is 654. The number of hydrogen-bond donors (Lipinski definition) is 2. The summed E-state index contributed by atoms with van der Waals surface area (Å²) in [4.78, 5) is 32.7. The number of aromatic carboxylic acids is 1. The standard InChI is InChI=1S/C11H9N3O3S/c1-6-4-8(15)14-11(13-6)18-9-5-7(10(16)17)2-3-12-9/h2-5H,1H3,(H,16,17)(H,13,14,15). The second kappa shape index (κ2) is 5.01. The molecular formula is C11H9N3O3S. The Kier molecular flexibility index (Phi) is 3.42. The van der Waals surface area contributed by atoms with Crippen molar-refractivity contribution in [3.8, 4) is 0 Å². The number of carboxylic acids is 1. The lowest BCUT2D eigenvalue weighted by Gasteiger charge is -2.01. The molecule has 2 aromatic rings. The number of aryl methyl sites for hydroxylation is 1. The van der Waals surface area contributed by atoms with Crippen LogP contribution in [0.1, 0.15) is 16.1 Å². The summed E-state index contributed by atoms with van der Waals surface area (Å²) in [6.45, 7) is 1.71. The predicted molar refractivity (Wildman–Crippen MR) is 64.9 cm³/mol. The fraction of sp³-hybridized carbons (Fsp3) is 0.0909. The number of H-pyrrole nitrogens is 1. The Morgan fingerprint density at radius 3 is 2.89 bits per heavy atom. The highest BCUT2D eigenvalue weighted by Crippen LogP contribution is 2.22. The van der Waals surface area contributed by atoms with Gasteiger partial charge < -0.3 is 10.1 Å². The van der Waals surface area contributed by atoms with Crippen LogP contribution in [-0.4, -0.2) is 26.0 Å². The van der Waals surface area contributed by atoms with Crippen molar-refractivity contribution in [2.24, 2.45) is 0 Å². The van der Waals surface area contributed by atoms with Gasteiger partial charge in [-0.05, 0) is 30.8 Å². The molecule has 0 radical (unpaired) electrons. The van der Waals surface area contributed by atoms with Crippen LogP contribution >= 0.6 is 11.8 Å². The molecule has 0 bridgehead atoms. The fourth-order valence-corrected chi connectivity index (χ4v) is 2.14. The molecule has 0 aliphatic heterocycles. The van der Waals surface area contributed by atoms with Crippen LogP contribution in [-0.2, 0) is 0 Å². The molecule has 2 rings (SSSR count). The molecule has 18 heavy (non-hydrogen) atoms. The van der Waals surface area contributed by atoms with Gasteiger partial charge >= 0.3 is 5.97 Å².